The van der Waals surface area contributed by atoms with Crippen LogP contribution in [0.1, 0.15) is 147 Å². The van der Waals surface area contributed by atoms with Gasteiger partial charge in [-0.2, -0.15) is 0 Å². The molecule has 2 aliphatic carbocycles. The van der Waals surface area contributed by atoms with Crippen LogP contribution in [0.3, 0.4) is 0 Å². The topological polar surface area (TPSA) is 151 Å². The molecule has 9 heterocycles. The van der Waals surface area contributed by atoms with Crippen LogP contribution in [0.4, 0.5) is 35.8 Å². The Kier molecular flexibility index (Phi) is 17.6. The van der Waals surface area contributed by atoms with E-state index < -0.39 is 0 Å². The normalized spacial score (nSPS) is 27.9. The van der Waals surface area contributed by atoms with E-state index in [9.17, 15) is 28.4 Å². The molecule has 16 nitrogen and oxygen atoms in total. The smallest absolute Gasteiger partial charge is 0.410 e. The summed E-state index contributed by atoms with van der Waals surface area (Å²) in [5, 5.41) is 6.76. The number of carbonyl (C=O) groups is 5. The zero-order valence-corrected chi connectivity index (χ0v) is 51.5. The number of para-hydroxylation sites is 1. The lowest BCUT2D eigenvalue weighted by Gasteiger charge is -2.47. The maximum Gasteiger partial charge on any atom is 0.410 e. The molecule has 18 heteroatoms. The van der Waals surface area contributed by atoms with Crippen molar-refractivity contribution in [2.75, 3.05) is 107 Å². The number of urea groups is 1. The van der Waals surface area contributed by atoms with Crippen LogP contribution in [0.5, 0.6) is 0 Å². The van der Waals surface area contributed by atoms with Crippen molar-refractivity contribution in [2.24, 2.45) is 17.8 Å². The SMILES string of the molecule is CCNC(=O)N1CC2(CCN(C3CC4CCC(C3)N4C(=O)OCC)CC2)c2cc(F)ccc21.CCOC(=O)N1CCC(CN2CCC3(CC2)CN(C(C)=O)c2ccc(Cl)cc23)CC1.O=C1Nc2ccccc2C12CCN(C1CC3CCC1C3)CC2. The molecule has 85 heavy (non-hydrogen) atoms. The van der Waals surface area contributed by atoms with Gasteiger partial charge in [-0.15, -0.1) is 0 Å². The molecule has 3 aromatic carbocycles. The molecule has 6 amide bonds. The summed E-state index contributed by atoms with van der Waals surface area (Å²) in [6.07, 6.45) is 17.6. The van der Waals surface area contributed by atoms with Crippen LogP contribution in [-0.4, -0.2) is 170 Å². The predicted octanol–water partition coefficient (Wildman–Crippen LogP) is 10.9. The van der Waals surface area contributed by atoms with Crippen molar-refractivity contribution >= 4 is 58.7 Å². The Bertz CT molecular complexity index is 2940. The van der Waals surface area contributed by atoms with Crippen molar-refractivity contribution in [3.05, 3.63) is 88.2 Å². The van der Waals surface area contributed by atoms with E-state index in [0.717, 1.165) is 188 Å². The summed E-state index contributed by atoms with van der Waals surface area (Å²) in [4.78, 5) is 77.3. The molecular weight excluding hydrogens is 1100 g/mol. The zero-order chi connectivity index (χ0) is 59.2. The Labute approximate surface area is 507 Å². The fraction of sp³-hybridized carbons (Fsp3) is 0.657. The van der Waals surface area contributed by atoms with Crippen molar-refractivity contribution in [3.8, 4) is 0 Å². The van der Waals surface area contributed by atoms with Gasteiger partial charge in [0.25, 0.3) is 0 Å². The van der Waals surface area contributed by atoms with Crippen LogP contribution in [0.2, 0.25) is 5.02 Å². The molecule has 2 N–H and O–H groups in total. The molecule has 6 saturated heterocycles. The molecule has 14 rings (SSSR count). The largest absolute Gasteiger partial charge is 0.450 e. The number of likely N-dealkylation sites (tertiary alicyclic amines) is 4. The summed E-state index contributed by atoms with van der Waals surface area (Å²) in [7, 11) is 0. The summed E-state index contributed by atoms with van der Waals surface area (Å²) < 4.78 is 24.6. The van der Waals surface area contributed by atoms with Crippen molar-refractivity contribution in [1.82, 2.24) is 29.8 Å². The van der Waals surface area contributed by atoms with Gasteiger partial charge in [-0.3, -0.25) is 14.5 Å². The minimum absolute atomic E-state index is 0.0235. The number of halogens is 2. The van der Waals surface area contributed by atoms with Crippen LogP contribution < -0.4 is 20.4 Å². The third-order valence-electron chi connectivity index (χ3n) is 22.4. The fourth-order valence-electron chi connectivity index (χ4n) is 17.9. The number of nitrogens with one attached hydrogen (secondary N) is 2. The maximum absolute atomic E-state index is 14.2. The maximum atomic E-state index is 14.2. The minimum atomic E-state index is -0.245. The molecule has 8 fully saturated rings. The molecule has 11 aliphatic rings. The van der Waals surface area contributed by atoms with Gasteiger partial charge in [0.2, 0.25) is 11.8 Å². The Morgan fingerprint density at radius 3 is 1.93 bits per heavy atom. The van der Waals surface area contributed by atoms with Gasteiger partial charge in [0, 0.05) is 103 Å². The number of benzene rings is 3. The van der Waals surface area contributed by atoms with Gasteiger partial charge in [0.1, 0.15) is 5.82 Å². The number of hydrogen-bond donors (Lipinski definition) is 2. The highest BCUT2D eigenvalue weighted by molar-refractivity contribution is 6.30. The quantitative estimate of drug-likeness (QED) is 0.234. The first-order chi connectivity index (χ1) is 41.1. The second-order valence-corrected chi connectivity index (χ2v) is 27.3. The monoisotopic (exact) mass is 1190 g/mol. The van der Waals surface area contributed by atoms with Gasteiger partial charge in [-0.1, -0.05) is 36.2 Å². The first-order valence-corrected chi connectivity index (χ1v) is 32.9. The Balaban J connectivity index is 0.000000127. The highest BCUT2D eigenvalue weighted by atomic mass is 35.5. The molecule has 4 bridgehead atoms. The summed E-state index contributed by atoms with van der Waals surface area (Å²) in [6, 6.07) is 20.8. The van der Waals surface area contributed by atoms with Gasteiger partial charge in [-0.05, 0) is 233 Å². The average molecular weight is 1190 g/mol. The predicted molar refractivity (Wildman–Crippen MR) is 329 cm³/mol. The van der Waals surface area contributed by atoms with Gasteiger partial charge in [0.05, 0.1) is 18.6 Å². The lowest BCUT2D eigenvalue weighted by atomic mass is 9.73. The van der Waals surface area contributed by atoms with Gasteiger partial charge >= 0.3 is 18.2 Å². The molecule has 0 radical (unpaired) electrons. The van der Waals surface area contributed by atoms with Crippen molar-refractivity contribution < 1.29 is 37.8 Å². The first kappa shape index (κ1) is 59.8. The first-order valence-electron chi connectivity index (χ1n) is 32.6. The molecular formula is C67H91ClFN9O7. The van der Waals surface area contributed by atoms with Crippen LogP contribution in [-0.2, 0) is 35.3 Å². The van der Waals surface area contributed by atoms with E-state index in [1.807, 2.05) is 59.7 Å². The van der Waals surface area contributed by atoms with Crippen molar-refractivity contribution in [1.29, 1.82) is 0 Å². The second-order valence-electron chi connectivity index (χ2n) is 26.9. The number of piperidine rings is 5. The fourth-order valence-corrected chi connectivity index (χ4v) is 18.1. The molecule has 3 spiro atoms. The minimum Gasteiger partial charge on any atom is -0.450 e. The van der Waals surface area contributed by atoms with E-state index in [4.69, 9.17) is 21.1 Å². The number of carbonyl (C=O) groups excluding carboxylic acids is 5. The van der Waals surface area contributed by atoms with Gasteiger partial charge in [-0.25, -0.2) is 18.8 Å². The second kappa shape index (κ2) is 24.9. The number of fused-ring (bicyclic) bond motifs is 10. The van der Waals surface area contributed by atoms with Crippen molar-refractivity contribution in [2.45, 2.75) is 171 Å². The third-order valence-corrected chi connectivity index (χ3v) is 22.6. The van der Waals surface area contributed by atoms with Gasteiger partial charge in [0.15, 0.2) is 0 Å². The van der Waals surface area contributed by atoms with E-state index in [1.54, 1.807) is 24.0 Å². The molecule has 9 aliphatic heterocycles. The molecule has 2 saturated carbocycles. The Hall–Kier alpha value is -5.49. The van der Waals surface area contributed by atoms with E-state index >= 15 is 0 Å². The number of amides is 6. The number of rotatable bonds is 7. The highest BCUT2D eigenvalue weighted by Gasteiger charge is 2.53. The van der Waals surface area contributed by atoms with E-state index in [-0.39, 0.29) is 64.2 Å². The Morgan fingerprint density at radius 2 is 1.28 bits per heavy atom. The zero-order valence-electron chi connectivity index (χ0n) is 50.8. The number of hydrogen-bond acceptors (Lipinski definition) is 10. The van der Waals surface area contributed by atoms with Crippen LogP contribution in [0, 0.1) is 23.6 Å². The van der Waals surface area contributed by atoms with E-state index in [1.165, 1.54) is 42.9 Å². The Morgan fingerprint density at radius 1 is 0.659 bits per heavy atom. The summed E-state index contributed by atoms with van der Waals surface area (Å²) in [5.74, 6) is 2.68. The number of nitrogens with zero attached hydrogens (tertiary/aromatic N) is 7. The van der Waals surface area contributed by atoms with E-state index in [0.29, 0.717) is 38.3 Å². The lowest BCUT2D eigenvalue weighted by molar-refractivity contribution is -0.123. The third kappa shape index (κ3) is 11.7. The molecule has 5 unspecified atom stereocenters. The summed E-state index contributed by atoms with van der Waals surface area (Å²) in [5.41, 5.74) is 5.97. The summed E-state index contributed by atoms with van der Waals surface area (Å²) in [6.45, 7) is 18.9. The highest BCUT2D eigenvalue weighted by Crippen LogP contribution is 2.52. The average Bonchev–Trinajstić information content (AvgIpc) is 2.02. The van der Waals surface area contributed by atoms with Crippen molar-refractivity contribution in [3.63, 3.8) is 0 Å². The van der Waals surface area contributed by atoms with E-state index in [2.05, 4.69) is 43.5 Å². The van der Waals surface area contributed by atoms with Crippen LogP contribution in [0.25, 0.3) is 0 Å². The number of ether oxygens (including phenoxy) is 2. The lowest BCUT2D eigenvalue weighted by Crippen LogP contribution is -2.55. The van der Waals surface area contributed by atoms with Crippen LogP contribution >= 0.6 is 11.6 Å². The van der Waals surface area contributed by atoms with Gasteiger partial charge < -0.3 is 49.5 Å². The molecule has 0 aromatic heterocycles. The van der Waals surface area contributed by atoms with Crippen LogP contribution in [0.15, 0.2) is 60.7 Å². The standard InChI is InChI=1S/C25H35FN4O3.C23H32ClN3O3.C19H24N2O/c1-3-27-23(31)29-16-25(21-13-17(26)5-8-22(21)29)9-11-28(12-10-25)20-14-18-6-7-19(15-20)30(18)24(32)33-4-2;1-3-30-22(29)26-10-6-18(7-11-26)15-25-12-8-23(9-13-25)16-27(17(2)28)21-5-4-19(24)14-20(21)23;22-18-19(15-3-1-2-4-16(15)20-18)7-9-21(10-8-19)17-12-13-5-6-14(17)11-13/h5,8,13,18-20H,3-4,6-7,9-12,14-16H2,1-2H3,(H,27,31);4-5,14,18H,3,6-13,15-16H2,1-2H3;1-4,13-14,17H,5-12H2,(H,20,22). The molecule has 460 valence electrons. The molecule has 5 atom stereocenters. The molecule has 3 aromatic rings. The summed E-state index contributed by atoms with van der Waals surface area (Å²) >= 11 is 6.31. The number of anilines is 3.